The molecule has 0 atom stereocenters. The highest BCUT2D eigenvalue weighted by Crippen LogP contribution is 2.39. The number of benzene rings is 1. The standard InChI is InChI=1S/C13H14N2O2/c14-13(6-3-7-13)12-15-10(8-17-12)9-4-1-2-5-11(9)16/h1-2,4-5,8,16H,3,6-7,14H2. The highest BCUT2D eigenvalue weighted by Gasteiger charge is 2.39. The first-order valence-corrected chi connectivity index (χ1v) is 5.72. The molecule has 1 aliphatic carbocycles. The van der Waals surface area contributed by atoms with Gasteiger partial charge in [-0.1, -0.05) is 12.1 Å². The molecule has 0 unspecified atom stereocenters. The van der Waals surface area contributed by atoms with Crippen LogP contribution >= 0.6 is 0 Å². The van der Waals surface area contributed by atoms with Gasteiger partial charge in [-0.15, -0.1) is 0 Å². The Balaban J connectivity index is 1.98. The molecule has 4 heteroatoms. The average Bonchev–Trinajstić information content (AvgIpc) is 2.76. The first-order chi connectivity index (χ1) is 8.19. The van der Waals surface area contributed by atoms with Crippen LogP contribution in [0, 0.1) is 0 Å². The predicted molar refractivity (Wildman–Crippen MR) is 63.3 cm³/mol. The van der Waals surface area contributed by atoms with Crippen molar-refractivity contribution in [2.45, 2.75) is 24.8 Å². The minimum absolute atomic E-state index is 0.201. The summed E-state index contributed by atoms with van der Waals surface area (Å²) in [6.07, 6.45) is 4.49. The molecule has 2 aromatic rings. The lowest BCUT2D eigenvalue weighted by Crippen LogP contribution is -2.43. The Labute approximate surface area is 99.1 Å². The predicted octanol–water partition coefficient (Wildman–Crippen LogP) is 2.39. The Morgan fingerprint density at radius 1 is 1.29 bits per heavy atom. The highest BCUT2D eigenvalue weighted by molar-refractivity contribution is 5.65. The number of oxazole rings is 1. The smallest absolute Gasteiger partial charge is 0.214 e. The van der Waals surface area contributed by atoms with Gasteiger partial charge in [0.25, 0.3) is 0 Å². The summed E-state index contributed by atoms with van der Waals surface area (Å²) >= 11 is 0. The van der Waals surface area contributed by atoms with Crippen LogP contribution in [0.3, 0.4) is 0 Å². The molecule has 3 rings (SSSR count). The van der Waals surface area contributed by atoms with Gasteiger partial charge in [0.15, 0.2) is 0 Å². The van der Waals surface area contributed by atoms with Crippen LogP contribution in [0.25, 0.3) is 11.3 Å². The van der Waals surface area contributed by atoms with Crippen molar-refractivity contribution in [2.75, 3.05) is 0 Å². The van der Waals surface area contributed by atoms with Gasteiger partial charge in [0.2, 0.25) is 5.89 Å². The number of nitrogens with two attached hydrogens (primary N) is 1. The van der Waals surface area contributed by atoms with Crippen molar-refractivity contribution in [3.05, 3.63) is 36.4 Å². The molecule has 4 nitrogen and oxygen atoms in total. The van der Waals surface area contributed by atoms with Crippen LogP contribution in [-0.2, 0) is 5.54 Å². The Bertz CT molecular complexity index is 544. The summed E-state index contributed by atoms with van der Waals surface area (Å²) in [5.74, 6) is 0.772. The van der Waals surface area contributed by atoms with E-state index in [2.05, 4.69) is 4.98 Å². The molecule has 0 amide bonds. The molecule has 0 bridgehead atoms. The molecule has 1 aromatic heterocycles. The molecule has 1 saturated carbocycles. The van der Waals surface area contributed by atoms with Crippen LogP contribution in [0.5, 0.6) is 5.75 Å². The number of phenols is 1. The lowest BCUT2D eigenvalue weighted by molar-refractivity contribution is 0.199. The second-order valence-corrected chi connectivity index (χ2v) is 4.56. The second kappa shape index (κ2) is 3.60. The van der Waals surface area contributed by atoms with E-state index in [0.717, 1.165) is 19.3 Å². The molecule has 1 heterocycles. The quantitative estimate of drug-likeness (QED) is 0.830. The number of phenolic OH excluding ortho intramolecular Hbond substituents is 1. The van der Waals surface area contributed by atoms with E-state index in [1.807, 2.05) is 6.07 Å². The monoisotopic (exact) mass is 230 g/mol. The van der Waals surface area contributed by atoms with Gasteiger partial charge in [0, 0.05) is 5.56 Å². The Morgan fingerprint density at radius 2 is 2.06 bits per heavy atom. The molecular weight excluding hydrogens is 216 g/mol. The number of nitrogens with zero attached hydrogens (tertiary/aromatic N) is 1. The molecule has 0 saturated heterocycles. The van der Waals surface area contributed by atoms with Gasteiger partial charge in [-0.3, -0.25) is 0 Å². The Morgan fingerprint density at radius 3 is 2.71 bits per heavy atom. The van der Waals surface area contributed by atoms with Gasteiger partial charge in [0.05, 0.1) is 5.54 Å². The van der Waals surface area contributed by atoms with Gasteiger partial charge in [-0.2, -0.15) is 0 Å². The van der Waals surface area contributed by atoms with Gasteiger partial charge in [0.1, 0.15) is 17.7 Å². The van der Waals surface area contributed by atoms with Gasteiger partial charge >= 0.3 is 0 Å². The number of aromatic nitrogens is 1. The van der Waals surface area contributed by atoms with Crippen LogP contribution in [0.15, 0.2) is 34.9 Å². The number of hydrogen-bond acceptors (Lipinski definition) is 4. The Kier molecular flexibility index (Phi) is 2.19. The fourth-order valence-electron chi connectivity index (χ4n) is 2.09. The molecule has 0 aliphatic heterocycles. The maximum atomic E-state index is 9.73. The zero-order valence-corrected chi connectivity index (χ0v) is 9.39. The van der Waals surface area contributed by atoms with Crippen LogP contribution in [0.1, 0.15) is 25.2 Å². The summed E-state index contributed by atoms with van der Waals surface area (Å²) in [5, 5.41) is 9.73. The normalized spacial score (nSPS) is 17.7. The van der Waals surface area contributed by atoms with Crippen molar-refractivity contribution >= 4 is 0 Å². The summed E-state index contributed by atoms with van der Waals surface area (Å²) in [6, 6.07) is 7.06. The average molecular weight is 230 g/mol. The molecule has 0 spiro atoms. The first-order valence-electron chi connectivity index (χ1n) is 5.72. The van der Waals surface area contributed by atoms with E-state index < -0.39 is 5.54 Å². The van der Waals surface area contributed by atoms with Crippen LogP contribution in [0.4, 0.5) is 0 Å². The largest absolute Gasteiger partial charge is 0.507 e. The van der Waals surface area contributed by atoms with Crippen molar-refractivity contribution in [1.29, 1.82) is 0 Å². The van der Waals surface area contributed by atoms with Crippen molar-refractivity contribution in [3.8, 4) is 17.0 Å². The number of hydrogen-bond donors (Lipinski definition) is 2. The van der Waals surface area contributed by atoms with Crippen molar-refractivity contribution < 1.29 is 9.52 Å². The van der Waals surface area contributed by atoms with E-state index in [1.54, 1.807) is 24.5 Å². The van der Waals surface area contributed by atoms with E-state index in [-0.39, 0.29) is 5.75 Å². The first kappa shape index (κ1) is 10.4. The molecule has 88 valence electrons. The lowest BCUT2D eigenvalue weighted by Gasteiger charge is -2.34. The second-order valence-electron chi connectivity index (χ2n) is 4.56. The zero-order valence-electron chi connectivity index (χ0n) is 9.39. The van der Waals surface area contributed by atoms with E-state index in [9.17, 15) is 5.11 Å². The summed E-state index contributed by atoms with van der Waals surface area (Å²) in [6.45, 7) is 0. The van der Waals surface area contributed by atoms with Crippen molar-refractivity contribution in [2.24, 2.45) is 5.73 Å². The Hall–Kier alpha value is -1.81. The van der Waals surface area contributed by atoms with E-state index in [1.165, 1.54) is 0 Å². The van der Waals surface area contributed by atoms with Gasteiger partial charge in [-0.05, 0) is 31.4 Å². The highest BCUT2D eigenvalue weighted by atomic mass is 16.3. The third-order valence-corrected chi connectivity index (χ3v) is 3.36. The third kappa shape index (κ3) is 1.61. The summed E-state index contributed by atoms with van der Waals surface area (Å²) < 4.78 is 5.43. The zero-order chi connectivity index (χ0) is 11.9. The fraction of sp³-hybridized carbons (Fsp3) is 0.308. The summed E-state index contributed by atoms with van der Waals surface area (Å²) in [4.78, 5) is 4.38. The number of para-hydroxylation sites is 1. The maximum absolute atomic E-state index is 9.73. The molecule has 1 aromatic carbocycles. The minimum Gasteiger partial charge on any atom is -0.507 e. The van der Waals surface area contributed by atoms with Crippen LogP contribution in [0.2, 0.25) is 0 Å². The number of rotatable bonds is 2. The van der Waals surface area contributed by atoms with Crippen LogP contribution < -0.4 is 5.73 Å². The molecular formula is C13H14N2O2. The lowest BCUT2D eigenvalue weighted by atomic mass is 9.78. The van der Waals surface area contributed by atoms with E-state index in [0.29, 0.717) is 17.1 Å². The molecule has 1 aliphatic rings. The third-order valence-electron chi connectivity index (χ3n) is 3.36. The SMILES string of the molecule is NC1(c2nc(-c3ccccc3O)co2)CCC1. The minimum atomic E-state index is -0.400. The van der Waals surface area contributed by atoms with Gasteiger partial charge < -0.3 is 15.3 Å². The molecule has 3 N–H and O–H groups in total. The van der Waals surface area contributed by atoms with Gasteiger partial charge in [-0.25, -0.2) is 4.98 Å². The summed E-state index contributed by atoms with van der Waals surface area (Å²) in [7, 11) is 0. The topological polar surface area (TPSA) is 72.3 Å². The molecule has 0 radical (unpaired) electrons. The number of aromatic hydroxyl groups is 1. The fourth-order valence-corrected chi connectivity index (χ4v) is 2.09. The van der Waals surface area contributed by atoms with Crippen molar-refractivity contribution in [3.63, 3.8) is 0 Å². The van der Waals surface area contributed by atoms with E-state index in [4.69, 9.17) is 10.2 Å². The van der Waals surface area contributed by atoms with E-state index >= 15 is 0 Å². The van der Waals surface area contributed by atoms with Crippen molar-refractivity contribution in [1.82, 2.24) is 4.98 Å². The maximum Gasteiger partial charge on any atom is 0.214 e. The van der Waals surface area contributed by atoms with Crippen LogP contribution in [-0.4, -0.2) is 10.1 Å². The molecule has 1 fully saturated rings. The summed E-state index contributed by atoms with van der Waals surface area (Å²) in [5.41, 5.74) is 7.04. The molecule has 17 heavy (non-hydrogen) atoms.